The third-order valence-electron chi connectivity index (χ3n) is 3.77. The van der Waals surface area contributed by atoms with Crippen LogP contribution in [0.3, 0.4) is 0 Å². The van der Waals surface area contributed by atoms with Crippen LogP contribution < -0.4 is 5.32 Å². The number of hydrogen-bond acceptors (Lipinski definition) is 2. The summed E-state index contributed by atoms with van der Waals surface area (Å²) in [6.07, 6.45) is -2.04. The van der Waals surface area contributed by atoms with Crippen molar-refractivity contribution in [2.75, 3.05) is 19.6 Å². The number of halogens is 3. The summed E-state index contributed by atoms with van der Waals surface area (Å²) < 4.78 is 37.4. The third-order valence-corrected chi connectivity index (χ3v) is 3.77. The van der Waals surface area contributed by atoms with Crippen molar-refractivity contribution in [3.05, 3.63) is 35.4 Å². The Morgan fingerprint density at radius 3 is 2.25 bits per heavy atom. The van der Waals surface area contributed by atoms with Gasteiger partial charge in [-0.25, -0.2) is 0 Å². The topological polar surface area (TPSA) is 15.3 Å². The van der Waals surface area contributed by atoms with Gasteiger partial charge in [-0.3, -0.25) is 4.90 Å². The lowest BCUT2D eigenvalue weighted by Crippen LogP contribution is -2.42. The van der Waals surface area contributed by atoms with E-state index in [1.807, 2.05) is 0 Å². The van der Waals surface area contributed by atoms with E-state index in [9.17, 15) is 13.2 Å². The predicted octanol–water partition coefficient (Wildman–Crippen LogP) is 3.28. The SMILES string of the molecule is CCNC1CCN(Cc2ccc(C(F)(F)F)cc2)CC1. The first-order chi connectivity index (χ1) is 9.49. The molecule has 0 aromatic heterocycles. The maximum atomic E-state index is 12.5. The molecule has 0 aliphatic carbocycles. The number of hydrogen-bond donors (Lipinski definition) is 1. The molecule has 0 unspecified atom stereocenters. The lowest BCUT2D eigenvalue weighted by atomic mass is 10.0. The minimum atomic E-state index is -4.25. The zero-order valence-corrected chi connectivity index (χ0v) is 11.7. The van der Waals surface area contributed by atoms with Crippen LogP contribution in [0, 0.1) is 0 Å². The lowest BCUT2D eigenvalue weighted by molar-refractivity contribution is -0.137. The molecule has 1 N–H and O–H groups in total. The Morgan fingerprint density at radius 2 is 1.75 bits per heavy atom. The number of nitrogens with one attached hydrogen (secondary N) is 1. The van der Waals surface area contributed by atoms with Gasteiger partial charge in [-0.2, -0.15) is 13.2 Å². The molecule has 1 saturated heterocycles. The van der Waals surface area contributed by atoms with E-state index >= 15 is 0 Å². The summed E-state index contributed by atoms with van der Waals surface area (Å²) in [6.45, 7) is 5.83. The van der Waals surface area contributed by atoms with Crippen LogP contribution in [-0.4, -0.2) is 30.6 Å². The summed E-state index contributed by atoms with van der Waals surface area (Å²) in [5, 5.41) is 3.44. The molecule has 1 heterocycles. The highest BCUT2D eigenvalue weighted by Gasteiger charge is 2.30. The van der Waals surface area contributed by atoms with Crippen molar-refractivity contribution in [1.82, 2.24) is 10.2 Å². The molecule has 0 bridgehead atoms. The van der Waals surface area contributed by atoms with E-state index in [2.05, 4.69) is 17.1 Å². The first kappa shape index (κ1) is 15.3. The molecular formula is C15H21F3N2. The van der Waals surface area contributed by atoms with Crippen LogP contribution in [0.5, 0.6) is 0 Å². The molecule has 1 aromatic carbocycles. The Kier molecular flexibility index (Phi) is 5.05. The summed E-state index contributed by atoms with van der Waals surface area (Å²) in [4.78, 5) is 2.30. The van der Waals surface area contributed by atoms with E-state index < -0.39 is 11.7 Å². The average molecular weight is 286 g/mol. The monoisotopic (exact) mass is 286 g/mol. The van der Waals surface area contributed by atoms with Crippen LogP contribution in [-0.2, 0) is 12.7 Å². The first-order valence-electron chi connectivity index (χ1n) is 7.11. The summed E-state index contributed by atoms with van der Waals surface area (Å²) in [6, 6.07) is 6.09. The van der Waals surface area contributed by atoms with Crippen LogP contribution in [0.25, 0.3) is 0 Å². The number of piperidine rings is 1. The molecule has 2 rings (SSSR count). The normalized spacial score (nSPS) is 18.4. The van der Waals surface area contributed by atoms with Gasteiger partial charge in [0.15, 0.2) is 0 Å². The van der Waals surface area contributed by atoms with Crippen molar-refractivity contribution >= 4 is 0 Å². The lowest BCUT2D eigenvalue weighted by Gasteiger charge is -2.32. The van der Waals surface area contributed by atoms with Gasteiger partial charge in [-0.15, -0.1) is 0 Å². The molecule has 1 aliphatic rings. The molecule has 0 amide bonds. The highest BCUT2D eigenvalue weighted by atomic mass is 19.4. The second kappa shape index (κ2) is 6.59. The Hall–Kier alpha value is -1.07. The van der Waals surface area contributed by atoms with Crippen molar-refractivity contribution in [3.8, 4) is 0 Å². The quantitative estimate of drug-likeness (QED) is 0.914. The Bertz CT molecular complexity index is 406. The van der Waals surface area contributed by atoms with E-state index in [0.717, 1.165) is 44.6 Å². The average Bonchev–Trinajstić information content (AvgIpc) is 2.41. The minimum Gasteiger partial charge on any atom is -0.314 e. The van der Waals surface area contributed by atoms with Crippen molar-refractivity contribution in [2.24, 2.45) is 0 Å². The molecule has 2 nitrogen and oxygen atoms in total. The van der Waals surface area contributed by atoms with E-state index in [1.165, 1.54) is 12.1 Å². The number of rotatable bonds is 4. The fourth-order valence-corrected chi connectivity index (χ4v) is 2.64. The van der Waals surface area contributed by atoms with Gasteiger partial charge < -0.3 is 5.32 Å². The molecule has 0 saturated carbocycles. The highest BCUT2D eigenvalue weighted by Crippen LogP contribution is 2.29. The summed E-state index contributed by atoms with van der Waals surface area (Å²) in [5.74, 6) is 0. The second-order valence-corrected chi connectivity index (χ2v) is 5.30. The third kappa shape index (κ3) is 4.21. The minimum absolute atomic E-state index is 0.577. The van der Waals surface area contributed by atoms with Crippen LogP contribution in [0.4, 0.5) is 13.2 Å². The molecular weight excluding hydrogens is 265 g/mol. The molecule has 1 fully saturated rings. The highest BCUT2D eigenvalue weighted by molar-refractivity contribution is 5.24. The molecule has 5 heteroatoms. The summed E-state index contributed by atoms with van der Waals surface area (Å²) in [5.41, 5.74) is 0.368. The molecule has 20 heavy (non-hydrogen) atoms. The molecule has 0 spiro atoms. The van der Waals surface area contributed by atoms with Gasteiger partial charge in [0, 0.05) is 12.6 Å². The Labute approximate surface area is 118 Å². The van der Waals surface area contributed by atoms with Crippen molar-refractivity contribution in [3.63, 3.8) is 0 Å². The van der Waals surface area contributed by atoms with Crippen LogP contribution in [0.2, 0.25) is 0 Å². The maximum absolute atomic E-state index is 12.5. The second-order valence-electron chi connectivity index (χ2n) is 5.30. The van der Waals surface area contributed by atoms with Crippen molar-refractivity contribution in [2.45, 2.75) is 38.5 Å². The van der Waals surface area contributed by atoms with Gasteiger partial charge in [-0.1, -0.05) is 19.1 Å². The molecule has 112 valence electrons. The maximum Gasteiger partial charge on any atom is 0.416 e. The fraction of sp³-hybridized carbons (Fsp3) is 0.600. The van der Waals surface area contributed by atoms with E-state index in [-0.39, 0.29) is 0 Å². The molecule has 1 aliphatic heterocycles. The number of nitrogens with zero attached hydrogens (tertiary/aromatic N) is 1. The van der Waals surface area contributed by atoms with E-state index in [4.69, 9.17) is 0 Å². The zero-order valence-electron chi connectivity index (χ0n) is 11.7. The summed E-state index contributed by atoms with van der Waals surface area (Å²) >= 11 is 0. The first-order valence-corrected chi connectivity index (χ1v) is 7.11. The molecule has 0 atom stereocenters. The fourth-order valence-electron chi connectivity index (χ4n) is 2.64. The van der Waals surface area contributed by atoms with Gasteiger partial charge in [0.1, 0.15) is 0 Å². The van der Waals surface area contributed by atoms with Gasteiger partial charge in [0.25, 0.3) is 0 Å². The smallest absolute Gasteiger partial charge is 0.314 e. The van der Waals surface area contributed by atoms with Gasteiger partial charge in [0.2, 0.25) is 0 Å². The predicted molar refractivity (Wildman–Crippen MR) is 73.4 cm³/mol. The van der Waals surface area contributed by atoms with E-state index in [0.29, 0.717) is 6.04 Å². The Balaban J connectivity index is 1.85. The van der Waals surface area contributed by atoms with Crippen LogP contribution in [0.1, 0.15) is 30.9 Å². The largest absolute Gasteiger partial charge is 0.416 e. The number of likely N-dealkylation sites (tertiary alicyclic amines) is 1. The van der Waals surface area contributed by atoms with Gasteiger partial charge >= 0.3 is 6.18 Å². The van der Waals surface area contributed by atoms with Crippen LogP contribution in [0.15, 0.2) is 24.3 Å². The zero-order chi connectivity index (χ0) is 14.6. The summed E-state index contributed by atoms with van der Waals surface area (Å²) in [7, 11) is 0. The Morgan fingerprint density at radius 1 is 1.15 bits per heavy atom. The van der Waals surface area contributed by atoms with Crippen molar-refractivity contribution < 1.29 is 13.2 Å². The molecule has 0 radical (unpaired) electrons. The number of alkyl halides is 3. The molecule has 1 aromatic rings. The van der Waals surface area contributed by atoms with Crippen LogP contribution >= 0.6 is 0 Å². The standard InChI is InChI=1S/C15H21F3N2/c1-2-19-14-7-9-20(10-8-14)11-12-3-5-13(6-4-12)15(16,17)18/h3-6,14,19H,2,7-11H2,1H3. The van der Waals surface area contributed by atoms with Crippen molar-refractivity contribution in [1.29, 1.82) is 0 Å². The van der Waals surface area contributed by atoms with Gasteiger partial charge in [0.05, 0.1) is 5.56 Å². The van der Waals surface area contributed by atoms with E-state index in [1.54, 1.807) is 12.1 Å². The number of benzene rings is 1. The van der Waals surface area contributed by atoms with Gasteiger partial charge in [-0.05, 0) is 50.2 Å².